The van der Waals surface area contributed by atoms with Gasteiger partial charge in [0, 0.05) is 7.05 Å². The van der Waals surface area contributed by atoms with Crippen LogP contribution in [0.3, 0.4) is 0 Å². The van der Waals surface area contributed by atoms with Crippen molar-refractivity contribution < 1.29 is 8.42 Å². The molecule has 0 heterocycles. The minimum absolute atomic E-state index is 0.216. The highest BCUT2D eigenvalue weighted by atomic mass is 32.2. The number of anilines is 1. The van der Waals surface area contributed by atoms with Crippen LogP contribution >= 0.6 is 0 Å². The Hall–Kier alpha value is -2.32. The summed E-state index contributed by atoms with van der Waals surface area (Å²) in [5, 5.41) is 8.64. The number of benzene rings is 2. The fraction of sp³-hybridized carbons (Fsp3) is 0.188. The van der Waals surface area contributed by atoms with Crippen molar-refractivity contribution in [3.8, 4) is 6.07 Å². The van der Waals surface area contributed by atoms with Gasteiger partial charge in [-0.1, -0.05) is 24.3 Å². The molecule has 0 aliphatic carbocycles. The van der Waals surface area contributed by atoms with Gasteiger partial charge in [0.15, 0.2) is 0 Å². The van der Waals surface area contributed by atoms with Gasteiger partial charge in [0.25, 0.3) is 10.0 Å². The Labute approximate surface area is 125 Å². The van der Waals surface area contributed by atoms with E-state index in [2.05, 4.69) is 0 Å². The molecule has 5 heteroatoms. The summed E-state index contributed by atoms with van der Waals surface area (Å²) in [6.45, 7) is 1.92. The average Bonchev–Trinajstić information content (AvgIpc) is 2.47. The van der Waals surface area contributed by atoms with Crippen LogP contribution in [0.25, 0.3) is 0 Å². The van der Waals surface area contributed by atoms with Crippen LogP contribution in [0.2, 0.25) is 0 Å². The first kappa shape index (κ1) is 15.1. The molecule has 2 aromatic carbocycles. The lowest BCUT2D eigenvalue weighted by molar-refractivity contribution is 0.594. The van der Waals surface area contributed by atoms with E-state index in [0.717, 1.165) is 11.1 Å². The Morgan fingerprint density at radius 2 is 1.81 bits per heavy atom. The predicted octanol–water partition coefficient (Wildman–Crippen LogP) is 2.89. The van der Waals surface area contributed by atoms with Crippen LogP contribution in [0.4, 0.5) is 5.69 Å². The third-order valence-corrected chi connectivity index (χ3v) is 5.03. The maximum Gasteiger partial charge on any atom is 0.264 e. The zero-order valence-electron chi connectivity index (χ0n) is 11.9. The maximum absolute atomic E-state index is 12.6. The van der Waals surface area contributed by atoms with Gasteiger partial charge in [-0.3, -0.25) is 4.31 Å². The summed E-state index contributed by atoms with van der Waals surface area (Å²) in [6.07, 6.45) is 0.272. The molecule has 4 nitrogen and oxygen atoms in total. The second-order valence-electron chi connectivity index (χ2n) is 4.79. The predicted molar refractivity (Wildman–Crippen MR) is 82.5 cm³/mol. The lowest BCUT2D eigenvalue weighted by Gasteiger charge is -2.20. The van der Waals surface area contributed by atoms with E-state index in [0.29, 0.717) is 5.69 Å². The Morgan fingerprint density at radius 3 is 2.38 bits per heavy atom. The molecule has 0 fully saturated rings. The third kappa shape index (κ3) is 3.23. The number of sulfonamides is 1. The molecule has 0 spiro atoms. The van der Waals surface area contributed by atoms with Gasteiger partial charge in [-0.15, -0.1) is 0 Å². The van der Waals surface area contributed by atoms with Gasteiger partial charge < -0.3 is 0 Å². The van der Waals surface area contributed by atoms with Crippen LogP contribution in [0.15, 0.2) is 53.4 Å². The number of hydrogen-bond acceptors (Lipinski definition) is 3. The van der Waals surface area contributed by atoms with Crippen molar-refractivity contribution in [1.82, 2.24) is 0 Å². The first-order valence-electron chi connectivity index (χ1n) is 6.46. The van der Waals surface area contributed by atoms with Crippen LogP contribution in [-0.4, -0.2) is 15.5 Å². The van der Waals surface area contributed by atoms with Crippen molar-refractivity contribution in [2.24, 2.45) is 0 Å². The van der Waals surface area contributed by atoms with E-state index in [9.17, 15) is 8.42 Å². The smallest absolute Gasteiger partial charge is 0.264 e. The van der Waals surface area contributed by atoms with Gasteiger partial charge in [-0.05, 0) is 42.3 Å². The minimum Gasteiger partial charge on any atom is -0.269 e. The first-order valence-corrected chi connectivity index (χ1v) is 7.90. The Bertz CT molecular complexity index is 775. The Balaban J connectivity index is 2.35. The fourth-order valence-corrected chi connectivity index (χ4v) is 3.18. The molecule has 108 valence electrons. The lowest BCUT2D eigenvalue weighted by Crippen LogP contribution is -2.26. The van der Waals surface area contributed by atoms with E-state index in [1.807, 2.05) is 31.2 Å². The second kappa shape index (κ2) is 5.98. The molecule has 0 aliphatic heterocycles. The zero-order valence-corrected chi connectivity index (χ0v) is 12.8. The quantitative estimate of drug-likeness (QED) is 0.872. The summed E-state index contributed by atoms with van der Waals surface area (Å²) in [7, 11) is -2.06. The highest BCUT2D eigenvalue weighted by molar-refractivity contribution is 7.92. The number of nitriles is 1. The molecule has 0 atom stereocenters. The summed E-state index contributed by atoms with van der Waals surface area (Å²) < 4.78 is 26.4. The molecule has 2 rings (SSSR count). The van der Waals surface area contributed by atoms with Gasteiger partial charge in [-0.2, -0.15) is 5.26 Å². The van der Waals surface area contributed by atoms with E-state index in [1.165, 1.54) is 23.5 Å². The van der Waals surface area contributed by atoms with E-state index in [1.54, 1.807) is 18.2 Å². The van der Waals surface area contributed by atoms with Crippen molar-refractivity contribution in [1.29, 1.82) is 5.26 Å². The molecule has 0 saturated heterocycles. The second-order valence-corrected chi connectivity index (χ2v) is 6.76. The molecule has 0 radical (unpaired) electrons. The molecule has 0 saturated carbocycles. The molecule has 2 aromatic rings. The van der Waals surface area contributed by atoms with E-state index in [-0.39, 0.29) is 11.3 Å². The molecule has 0 amide bonds. The standard InChI is InChI=1S/C16H16N2O2S/c1-13-4-3-5-15(12-13)18(2)21(19,20)16-8-6-14(7-9-16)10-11-17/h3-9,12H,10H2,1-2H3. The van der Waals surface area contributed by atoms with Gasteiger partial charge in [-0.25, -0.2) is 8.42 Å². The Kier molecular flexibility index (Phi) is 4.29. The molecular formula is C16H16N2O2S. The third-order valence-electron chi connectivity index (χ3n) is 3.23. The van der Waals surface area contributed by atoms with Crippen molar-refractivity contribution >= 4 is 15.7 Å². The fourth-order valence-electron chi connectivity index (χ4n) is 1.99. The molecular weight excluding hydrogens is 284 g/mol. The van der Waals surface area contributed by atoms with Gasteiger partial charge in [0.2, 0.25) is 0 Å². The van der Waals surface area contributed by atoms with Crippen LogP contribution in [-0.2, 0) is 16.4 Å². The van der Waals surface area contributed by atoms with Crippen molar-refractivity contribution in [3.63, 3.8) is 0 Å². The molecule has 21 heavy (non-hydrogen) atoms. The number of nitrogens with zero attached hydrogens (tertiary/aromatic N) is 2. The number of hydrogen-bond donors (Lipinski definition) is 0. The van der Waals surface area contributed by atoms with Crippen molar-refractivity contribution in [2.75, 3.05) is 11.4 Å². The molecule has 0 unspecified atom stereocenters. The average molecular weight is 300 g/mol. The van der Waals surface area contributed by atoms with E-state index in [4.69, 9.17) is 5.26 Å². The number of rotatable bonds is 4. The highest BCUT2D eigenvalue weighted by Crippen LogP contribution is 2.23. The van der Waals surface area contributed by atoms with Crippen molar-refractivity contribution in [3.05, 3.63) is 59.7 Å². The summed E-state index contributed by atoms with van der Waals surface area (Å²) >= 11 is 0. The van der Waals surface area contributed by atoms with E-state index < -0.39 is 10.0 Å². The first-order chi connectivity index (χ1) is 9.95. The zero-order chi connectivity index (χ0) is 15.5. The summed E-state index contributed by atoms with van der Waals surface area (Å²) in [5.41, 5.74) is 2.42. The monoisotopic (exact) mass is 300 g/mol. The van der Waals surface area contributed by atoms with Crippen LogP contribution in [0.1, 0.15) is 11.1 Å². The van der Waals surface area contributed by atoms with Crippen LogP contribution < -0.4 is 4.31 Å². The number of aryl methyl sites for hydroxylation is 1. The largest absolute Gasteiger partial charge is 0.269 e. The van der Waals surface area contributed by atoms with Gasteiger partial charge in [0.05, 0.1) is 23.1 Å². The molecule has 0 aromatic heterocycles. The molecule has 0 aliphatic rings. The summed E-state index contributed by atoms with van der Waals surface area (Å²) in [4.78, 5) is 0.216. The van der Waals surface area contributed by atoms with E-state index >= 15 is 0 Å². The topological polar surface area (TPSA) is 61.2 Å². The van der Waals surface area contributed by atoms with Gasteiger partial charge >= 0.3 is 0 Å². The SMILES string of the molecule is Cc1cccc(N(C)S(=O)(=O)c2ccc(CC#N)cc2)c1. The highest BCUT2D eigenvalue weighted by Gasteiger charge is 2.21. The molecule has 0 bridgehead atoms. The Morgan fingerprint density at radius 1 is 1.14 bits per heavy atom. The van der Waals surface area contributed by atoms with Crippen LogP contribution in [0.5, 0.6) is 0 Å². The van der Waals surface area contributed by atoms with Crippen molar-refractivity contribution in [2.45, 2.75) is 18.2 Å². The lowest BCUT2D eigenvalue weighted by atomic mass is 10.2. The van der Waals surface area contributed by atoms with Crippen LogP contribution in [0, 0.1) is 18.3 Å². The normalized spacial score (nSPS) is 10.9. The summed E-state index contributed by atoms with van der Waals surface area (Å²) in [5.74, 6) is 0. The molecule has 0 N–H and O–H groups in total. The maximum atomic E-state index is 12.6. The van der Waals surface area contributed by atoms with Gasteiger partial charge in [0.1, 0.15) is 0 Å². The minimum atomic E-state index is -3.59. The summed E-state index contributed by atoms with van der Waals surface area (Å²) in [6, 6.07) is 15.8.